The molecule has 0 bridgehead atoms. The van der Waals surface area contributed by atoms with Gasteiger partial charge in [-0.2, -0.15) is 13.2 Å². The Morgan fingerprint density at radius 2 is 1.76 bits per heavy atom. The summed E-state index contributed by atoms with van der Waals surface area (Å²) in [4.78, 5) is 11.8. The second-order valence-electron chi connectivity index (χ2n) is 5.90. The number of benzene rings is 1. The van der Waals surface area contributed by atoms with Crippen LogP contribution < -0.4 is 11.1 Å². The molecule has 0 aromatic heterocycles. The number of nitrogens with one attached hydrogen (secondary N) is 1. The Bertz CT molecular complexity index is 475. The monoisotopic (exact) mass is 302 g/mol. The van der Waals surface area contributed by atoms with Crippen LogP contribution in [0.2, 0.25) is 0 Å². The minimum atomic E-state index is -4.35. The van der Waals surface area contributed by atoms with Crippen LogP contribution in [0.25, 0.3) is 0 Å². The molecule has 1 amide bonds. The van der Waals surface area contributed by atoms with Crippen LogP contribution in [0.5, 0.6) is 0 Å². The number of hydrogen-bond acceptors (Lipinski definition) is 2. The summed E-state index contributed by atoms with van der Waals surface area (Å²) in [7, 11) is 0. The van der Waals surface area contributed by atoms with Crippen molar-refractivity contribution in [1.29, 1.82) is 0 Å². The van der Waals surface area contributed by atoms with Gasteiger partial charge < -0.3 is 11.1 Å². The first-order chi connectivity index (χ1) is 9.49. The van der Waals surface area contributed by atoms with Crippen molar-refractivity contribution in [3.05, 3.63) is 35.4 Å². The van der Waals surface area contributed by atoms with Crippen LogP contribution in [-0.2, 0) is 11.0 Å². The Kier molecular flexibility index (Phi) is 5.39. The summed E-state index contributed by atoms with van der Waals surface area (Å²) < 4.78 is 37.4. The number of hydrogen-bond donors (Lipinski definition) is 2. The maximum atomic E-state index is 12.5. The fourth-order valence-electron chi connectivity index (χ4n) is 1.79. The predicted molar refractivity (Wildman–Crippen MR) is 75.5 cm³/mol. The van der Waals surface area contributed by atoms with Crippen molar-refractivity contribution in [2.45, 2.75) is 51.4 Å². The highest BCUT2D eigenvalue weighted by molar-refractivity contribution is 5.76. The molecule has 0 saturated carbocycles. The Labute approximate surface area is 122 Å². The van der Waals surface area contributed by atoms with Crippen molar-refractivity contribution in [3.63, 3.8) is 0 Å². The zero-order chi connectivity index (χ0) is 16.3. The molecular weight excluding hydrogens is 281 g/mol. The number of amides is 1. The number of nitrogens with two attached hydrogens (primary N) is 1. The fourth-order valence-corrected chi connectivity index (χ4v) is 1.79. The fraction of sp³-hybridized carbons (Fsp3) is 0.533. The molecule has 0 aliphatic rings. The first-order valence-corrected chi connectivity index (χ1v) is 6.74. The molecule has 1 aromatic rings. The Balaban J connectivity index is 2.59. The van der Waals surface area contributed by atoms with Crippen molar-refractivity contribution in [1.82, 2.24) is 5.32 Å². The summed E-state index contributed by atoms with van der Waals surface area (Å²) in [5, 5.41) is 2.75. The van der Waals surface area contributed by atoms with Crippen molar-refractivity contribution in [2.75, 3.05) is 0 Å². The number of rotatable bonds is 5. The highest BCUT2D eigenvalue weighted by Crippen LogP contribution is 2.29. The smallest absolute Gasteiger partial charge is 0.350 e. The number of halogens is 3. The second kappa shape index (κ2) is 6.47. The van der Waals surface area contributed by atoms with E-state index in [0.29, 0.717) is 12.0 Å². The van der Waals surface area contributed by atoms with E-state index in [1.807, 2.05) is 13.8 Å². The lowest BCUT2D eigenvalue weighted by Crippen LogP contribution is -2.35. The van der Waals surface area contributed by atoms with Gasteiger partial charge in [-0.3, -0.25) is 4.79 Å². The summed E-state index contributed by atoms with van der Waals surface area (Å²) in [6.07, 6.45) is -3.52. The molecule has 6 heteroatoms. The van der Waals surface area contributed by atoms with E-state index in [-0.39, 0.29) is 18.4 Å². The lowest BCUT2D eigenvalue weighted by atomic mass is 9.99. The number of carbonyl (C=O) groups excluding carboxylic acids is 1. The Hall–Kier alpha value is -1.56. The normalized spacial score (nSPS) is 13.9. The molecular formula is C15H21F3N2O. The summed E-state index contributed by atoms with van der Waals surface area (Å²) in [5.41, 5.74) is 5.30. The van der Waals surface area contributed by atoms with Gasteiger partial charge in [-0.1, -0.05) is 12.1 Å². The van der Waals surface area contributed by atoms with E-state index in [4.69, 9.17) is 5.73 Å². The Morgan fingerprint density at radius 3 is 2.19 bits per heavy atom. The van der Waals surface area contributed by atoms with Crippen LogP contribution in [0, 0.1) is 0 Å². The van der Waals surface area contributed by atoms with Crippen LogP contribution in [0.4, 0.5) is 13.2 Å². The van der Waals surface area contributed by atoms with E-state index in [1.165, 1.54) is 12.1 Å². The summed E-state index contributed by atoms with van der Waals surface area (Å²) in [6.45, 7) is 5.40. The summed E-state index contributed by atoms with van der Waals surface area (Å²) in [5.74, 6) is -0.166. The lowest BCUT2D eigenvalue weighted by molar-refractivity contribution is -0.137. The van der Waals surface area contributed by atoms with E-state index >= 15 is 0 Å². The maximum absolute atomic E-state index is 12.5. The molecule has 3 nitrogen and oxygen atoms in total. The summed E-state index contributed by atoms with van der Waals surface area (Å²) in [6, 6.07) is 4.43. The van der Waals surface area contributed by atoms with E-state index in [0.717, 1.165) is 12.1 Å². The zero-order valence-electron chi connectivity index (χ0n) is 12.4. The maximum Gasteiger partial charge on any atom is 0.416 e. The van der Waals surface area contributed by atoms with Crippen LogP contribution in [0.3, 0.4) is 0 Å². The van der Waals surface area contributed by atoms with Crippen molar-refractivity contribution in [3.8, 4) is 0 Å². The standard InChI is InChI=1S/C15H21F3N2O/c1-10(20-13(21)8-9-14(2,3)19)11-4-6-12(7-5-11)15(16,17)18/h4-7,10H,8-9,19H2,1-3H3,(H,20,21). The molecule has 3 N–H and O–H groups in total. The molecule has 0 radical (unpaired) electrons. The first kappa shape index (κ1) is 17.5. The van der Waals surface area contributed by atoms with Gasteiger partial charge in [0.1, 0.15) is 0 Å². The van der Waals surface area contributed by atoms with Gasteiger partial charge in [-0.05, 0) is 44.9 Å². The SMILES string of the molecule is CC(NC(=O)CCC(C)(C)N)c1ccc(C(F)(F)F)cc1. The predicted octanol–water partition coefficient (Wildman–Crippen LogP) is 3.40. The van der Waals surface area contributed by atoms with Gasteiger partial charge in [0, 0.05) is 12.0 Å². The minimum Gasteiger partial charge on any atom is -0.350 e. The second-order valence-corrected chi connectivity index (χ2v) is 5.90. The molecule has 0 heterocycles. The highest BCUT2D eigenvalue weighted by Gasteiger charge is 2.30. The molecule has 118 valence electrons. The largest absolute Gasteiger partial charge is 0.416 e. The van der Waals surface area contributed by atoms with Gasteiger partial charge in [-0.15, -0.1) is 0 Å². The van der Waals surface area contributed by atoms with Gasteiger partial charge in [0.15, 0.2) is 0 Å². The first-order valence-electron chi connectivity index (χ1n) is 6.74. The molecule has 0 aliphatic heterocycles. The van der Waals surface area contributed by atoms with E-state index in [2.05, 4.69) is 5.32 Å². The van der Waals surface area contributed by atoms with Crippen molar-refractivity contribution in [2.24, 2.45) is 5.73 Å². The lowest BCUT2D eigenvalue weighted by Gasteiger charge is -2.19. The molecule has 1 rings (SSSR count). The van der Waals surface area contributed by atoms with Crippen LogP contribution in [0.1, 0.15) is 50.8 Å². The molecule has 0 fully saturated rings. The third-order valence-electron chi connectivity index (χ3n) is 3.11. The molecule has 1 atom stereocenters. The molecule has 0 saturated heterocycles. The highest BCUT2D eigenvalue weighted by atomic mass is 19.4. The molecule has 0 aliphatic carbocycles. The molecule has 1 aromatic carbocycles. The number of alkyl halides is 3. The van der Waals surface area contributed by atoms with Gasteiger partial charge in [0.25, 0.3) is 0 Å². The minimum absolute atomic E-state index is 0.166. The van der Waals surface area contributed by atoms with Crippen molar-refractivity contribution < 1.29 is 18.0 Å². The van der Waals surface area contributed by atoms with Gasteiger partial charge in [-0.25, -0.2) is 0 Å². The average Bonchev–Trinajstić information content (AvgIpc) is 2.34. The van der Waals surface area contributed by atoms with Gasteiger partial charge in [0.05, 0.1) is 11.6 Å². The Morgan fingerprint density at radius 1 is 1.24 bits per heavy atom. The summed E-state index contributed by atoms with van der Waals surface area (Å²) >= 11 is 0. The average molecular weight is 302 g/mol. The van der Waals surface area contributed by atoms with E-state index < -0.39 is 17.3 Å². The molecule has 1 unspecified atom stereocenters. The van der Waals surface area contributed by atoms with Crippen molar-refractivity contribution >= 4 is 5.91 Å². The zero-order valence-corrected chi connectivity index (χ0v) is 12.4. The number of carbonyl (C=O) groups is 1. The van der Waals surface area contributed by atoms with Crippen LogP contribution >= 0.6 is 0 Å². The topological polar surface area (TPSA) is 55.1 Å². The molecule has 0 spiro atoms. The quantitative estimate of drug-likeness (QED) is 0.876. The van der Waals surface area contributed by atoms with E-state index in [9.17, 15) is 18.0 Å². The van der Waals surface area contributed by atoms with Crippen LogP contribution in [-0.4, -0.2) is 11.4 Å². The van der Waals surface area contributed by atoms with Crippen LogP contribution in [0.15, 0.2) is 24.3 Å². The van der Waals surface area contributed by atoms with Gasteiger partial charge >= 0.3 is 6.18 Å². The third-order valence-corrected chi connectivity index (χ3v) is 3.11. The third kappa shape index (κ3) is 6.16. The van der Waals surface area contributed by atoms with E-state index in [1.54, 1.807) is 6.92 Å². The molecule has 21 heavy (non-hydrogen) atoms. The van der Waals surface area contributed by atoms with Gasteiger partial charge in [0.2, 0.25) is 5.91 Å².